The van der Waals surface area contributed by atoms with Crippen LogP contribution in [0.1, 0.15) is 24.0 Å². The van der Waals surface area contributed by atoms with Gasteiger partial charge in [-0.05, 0) is 43.0 Å². The third-order valence-corrected chi connectivity index (χ3v) is 3.39. The second kappa shape index (κ2) is 6.87. The molecule has 114 valence electrons. The van der Waals surface area contributed by atoms with Crippen molar-refractivity contribution in [3.63, 3.8) is 0 Å². The zero-order chi connectivity index (χ0) is 16.1. The van der Waals surface area contributed by atoms with E-state index in [9.17, 15) is 14.0 Å². The maximum absolute atomic E-state index is 13.8. The van der Waals surface area contributed by atoms with Crippen LogP contribution in [0.5, 0.6) is 0 Å². The van der Waals surface area contributed by atoms with E-state index >= 15 is 0 Å². The largest absolute Gasteiger partial charge is 0.464 e. The van der Waals surface area contributed by atoms with Crippen LogP contribution in [0.4, 0.5) is 10.1 Å². The summed E-state index contributed by atoms with van der Waals surface area (Å²) in [4.78, 5) is 22.8. The number of fused-ring (bicyclic) bond motifs is 1. The molecule has 0 fully saturated rings. The van der Waals surface area contributed by atoms with E-state index in [1.165, 1.54) is 25.3 Å². The van der Waals surface area contributed by atoms with Crippen molar-refractivity contribution in [1.82, 2.24) is 0 Å². The second-order valence-electron chi connectivity index (χ2n) is 4.86. The number of methoxy groups -OCH3 is 1. The van der Waals surface area contributed by atoms with Gasteiger partial charge in [0.1, 0.15) is 17.5 Å². The number of unbranched alkanes of at least 4 members (excludes halogenated alkanes) is 1. The van der Waals surface area contributed by atoms with Crippen LogP contribution < -0.4 is 5.32 Å². The lowest BCUT2D eigenvalue weighted by atomic mass is 9.94. The Morgan fingerprint density at radius 2 is 2.27 bits per heavy atom. The van der Waals surface area contributed by atoms with Gasteiger partial charge in [-0.25, -0.2) is 14.0 Å². The highest BCUT2D eigenvalue weighted by Gasteiger charge is 2.23. The average molecular weight is 301 g/mol. The Morgan fingerprint density at radius 1 is 1.50 bits per heavy atom. The Labute approximate surface area is 128 Å². The Balaban J connectivity index is 2.48. The van der Waals surface area contributed by atoms with Crippen LogP contribution in [0.15, 0.2) is 36.6 Å². The average Bonchev–Trinajstić information content (AvgIpc) is 2.53. The summed E-state index contributed by atoms with van der Waals surface area (Å²) in [6, 6.07) is 2.65. The highest BCUT2D eigenvalue weighted by atomic mass is 19.1. The summed E-state index contributed by atoms with van der Waals surface area (Å²) in [7, 11) is 1.25. The third kappa shape index (κ3) is 3.15. The molecule has 5 heteroatoms. The van der Waals surface area contributed by atoms with E-state index in [1.807, 2.05) is 0 Å². The molecule has 0 saturated carbocycles. The van der Waals surface area contributed by atoms with Crippen LogP contribution in [0.3, 0.4) is 0 Å². The first-order valence-corrected chi connectivity index (χ1v) is 6.86. The zero-order valence-corrected chi connectivity index (χ0v) is 12.2. The molecule has 1 aromatic carbocycles. The first-order chi connectivity index (χ1) is 10.6. The Morgan fingerprint density at radius 3 is 2.91 bits per heavy atom. The number of anilines is 1. The first kappa shape index (κ1) is 15.7. The van der Waals surface area contributed by atoms with Crippen molar-refractivity contribution in [2.75, 3.05) is 12.4 Å². The number of hydrogen-bond donors (Lipinski definition) is 1. The lowest BCUT2D eigenvalue weighted by molar-refractivity contribution is -0.135. The minimum absolute atomic E-state index is 0.124. The Kier molecular flexibility index (Phi) is 4.92. The Hall–Kier alpha value is -2.65. The molecule has 0 atom stereocenters. The third-order valence-electron chi connectivity index (χ3n) is 3.39. The number of halogens is 1. The molecule has 0 amide bonds. The number of esters is 1. The molecule has 0 radical (unpaired) electrons. The van der Waals surface area contributed by atoms with Crippen molar-refractivity contribution >= 4 is 23.2 Å². The molecule has 1 aromatic rings. The molecule has 0 bridgehead atoms. The fourth-order valence-electron chi connectivity index (χ4n) is 2.35. The molecule has 0 aliphatic carbocycles. The molecule has 1 aliphatic rings. The molecule has 0 unspecified atom stereocenters. The van der Waals surface area contributed by atoms with Crippen LogP contribution in [-0.4, -0.2) is 19.0 Å². The maximum atomic E-state index is 13.8. The lowest BCUT2D eigenvalue weighted by Crippen LogP contribution is -2.18. The van der Waals surface area contributed by atoms with Crippen LogP contribution >= 0.6 is 0 Å². The van der Waals surface area contributed by atoms with Gasteiger partial charge in [0, 0.05) is 5.56 Å². The predicted octanol–water partition coefficient (Wildman–Crippen LogP) is 3.03. The number of rotatable bonds is 5. The van der Waals surface area contributed by atoms with Gasteiger partial charge in [0.25, 0.3) is 0 Å². The van der Waals surface area contributed by atoms with Gasteiger partial charge < -0.3 is 10.1 Å². The van der Waals surface area contributed by atoms with Crippen molar-refractivity contribution in [2.24, 2.45) is 0 Å². The fourth-order valence-corrected chi connectivity index (χ4v) is 2.35. The van der Waals surface area contributed by atoms with Crippen LogP contribution in [-0.2, 0) is 20.7 Å². The summed E-state index contributed by atoms with van der Waals surface area (Å²) >= 11 is 0. The summed E-state index contributed by atoms with van der Waals surface area (Å²) < 4.78 is 18.5. The smallest absolute Gasteiger partial charge is 0.354 e. The molecule has 0 aromatic heterocycles. The van der Waals surface area contributed by atoms with E-state index in [2.05, 4.69) is 16.6 Å². The summed E-state index contributed by atoms with van der Waals surface area (Å²) in [5.41, 5.74) is 1.89. The molecular weight excluding hydrogens is 285 g/mol. The highest BCUT2D eigenvalue weighted by molar-refractivity contribution is 6.06. The SMILES string of the molecule is C=CCCCc1cc(F)cc2c1NC(C(=O)OC)=CC2=C=O. The van der Waals surface area contributed by atoms with Gasteiger partial charge >= 0.3 is 5.97 Å². The molecule has 22 heavy (non-hydrogen) atoms. The molecule has 0 saturated heterocycles. The predicted molar refractivity (Wildman–Crippen MR) is 82.4 cm³/mol. The van der Waals surface area contributed by atoms with E-state index in [1.54, 1.807) is 12.0 Å². The quantitative estimate of drug-likeness (QED) is 0.393. The molecule has 1 heterocycles. The van der Waals surface area contributed by atoms with Crippen molar-refractivity contribution in [3.8, 4) is 0 Å². The minimum atomic E-state index is -0.597. The van der Waals surface area contributed by atoms with Gasteiger partial charge in [0.2, 0.25) is 0 Å². The molecule has 2 rings (SSSR count). The summed E-state index contributed by atoms with van der Waals surface area (Å²) in [6.07, 6.45) is 5.28. The molecule has 4 nitrogen and oxygen atoms in total. The monoisotopic (exact) mass is 301 g/mol. The van der Waals surface area contributed by atoms with Crippen LogP contribution in [0.2, 0.25) is 0 Å². The maximum Gasteiger partial charge on any atom is 0.354 e. The summed E-state index contributed by atoms with van der Waals surface area (Å²) in [6.45, 7) is 3.65. The summed E-state index contributed by atoms with van der Waals surface area (Å²) in [5, 5.41) is 2.93. The van der Waals surface area contributed by atoms with Crippen LogP contribution in [0.25, 0.3) is 5.57 Å². The number of carbonyl (C=O) groups is 1. The van der Waals surface area contributed by atoms with E-state index in [4.69, 9.17) is 0 Å². The van der Waals surface area contributed by atoms with Crippen molar-refractivity contribution in [1.29, 1.82) is 0 Å². The van der Waals surface area contributed by atoms with Gasteiger partial charge in [0.05, 0.1) is 18.4 Å². The first-order valence-electron chi connectivity index (χ1n) is 6.86. The van der Waals surface area contributed by atoms with Crippen LogP contribution in [0, 0.1) is 5.82 Å². The number of hydrogen-bond acceptors (Lipinski definition) is 4. The van der Waals surface area contributed by atoms with Gasteiger partial charge in [-0.15, -0.1) is 6.58 Å². The Bertz CT molecular complexity index is 700. The highest BCUT2D eigenvalue weighted by Crippen LogP contribution is 2.35. The van der Waals surface area contributed by atoms with Crippen molar-refractivity contribution in [2.45, 2.75) is 19.3 Å². The fraction of sp³-hybridized carbons (Fsp3) is 0.235. The molecule has 0 spiro atoms. The van der Waals surface area contributed by atoms with Gasteiger partial charge in [-0.2, -0.15) is 0 Å². The topological polar surface area (TPSA) is 55.4 Å². The van der Waals surface area contributed by atoms with E-state index in [0.29, 0.717) is 23.2 Å². The van der Waals surface area contributed by atoms with E-state index in [0.717, 1.165) is 12.8 Å². The molecule has 1 aliphatic heterocycles. The number of benzene rings is 1. The van der Waals surface area contributed by atoms with Gasteiger partial charge in [-0.3, -0.25) is 0 Å². The number of nitrogens with one attached hydrogen (secondary N) is 1. The minimum Gasteiger partial charge on any atom is -0.464 e. The number of ether oxygens (including phenoxy) is 1. The lowest BCUT2D eigenvalue weighted by Gasteiger charge is -2.21. The molecular formula is C17H16FNO3. The van der Waals surface area contributed by atoms with Crippen molar-refractivity contribution < 1.29 is 18.7 Å². The zero-order valence-electron chi connectivity index (χ0n) is 12.2. The standard InChI is InChI=1S/C17H16FNO3/c1-3-4-5-6-11-7-13(18)9-14-12(10-20)8-15(17(21)22-2)19-16(11)14/h3,7-9,19H,1,4-6H2,2H3. The van der Waals surface area contributed by atoms with E-state index < -0.39 is 11.8 Å². The number of aryl methyl sites for hydroxylation is 1. The van der Waals surface area contributed by atoms with Crippen molar-refractivity contribution in [3.05, 3.63) is 53.5 Å². The number of carbonyl (C=O) groups excluding carboxylic acids is 2. The second-order valence-corrected chi connectivity index (χ2v) is 4.86. The molecule has 1 N–H and O–H groups in total. The summed E-state index contributed by atoms with van der Waals surface area (Å²) in [5.74, 6) is 0.719. The van der Waals surface area contributed by atoms with E-state index in [-0.39, 0.29) is 11.3 Å². The van der Waals surface area contributed by atoms with Gasteiger partial charge in [-0.1, -0.05) is 6.08 Å². The number of allylic oxidation sites excluding steroid dienone is 3. The normalized spacial score (nSPS) is 12.6. The van der Waals surface area contributed by atoms with Gasteiger partial charge in [0.15, 0.2) is 0 Å².